The Kier molecular flexibility index (Phi) is 13.4. The lowest BCUT2D eigenvalue weighted by Gasteiger charge is -2.31. The van der Waals surface area contributed by atoms with Crippen molar-refractivity contribution in [3.63, 3.8) is 0 Å². The highest BCUT2D eigenvalue weighted by molar-refractivity contribution is 5.74. The molecule has 2 atom stereocenters. The summed E-state index contributed by atoms with van der Waals surface area (Å²) < 4.78 is 0. The number of unbranched alkanes of at least 4 members (excludes halogenated alkanes) is 2. The molecule has 6 heteroatoms. The van der Waals surface area contributed by atoms with Crippen molar-refractivity contribution < 1.29 is 19.8 Å². The van der Waals surface area contributed by atoms with Crippen molar-refractivity contribution in [1.82, 2.24) is 10.2 Å². The van der Waals surface area contributed by atoms with Gasteiger partial charge in [-0.3, -0.25) is 14.5 Å². The van der Waals surface area contributed by atoms with E-state index in [0.29, 0.717) is 0 Å². The second-order valence-corrected chi connectivity index (χ2v) is 7.11. The number of aliphatic carboxylic acids is 2. The first-order valence-electron chi connectivity index (χ1n) is 9.78. The van der Waals surface area contributed by atoms with Crippen LogP contribution in [0.1, 0.15) is 72.6 Å². The highest BCUT2D eigenvalue weighted by Crippen LogP contribution is 2.13. The average Bonchev–Trinajstić information content (AvgIpc) is 2.57. The van der Waals surface area contributed by atoms with Crippen LogP contribution in [0.15, 0.2) is 0 Å². The minimum absolute atomic E-state index is 0.172. The molecule has 0 amide bonds. The number of nitrogens with zero attached hydrogens (tertiary/aromatic N) is 1. The maximum atomic E-state index is 11.3. The molecule has 0 radical (unpaired) electrons. The van der Waals surface area contributed by atoms with Crippen LogP contribution >= 0.6 is 0 Å². The van der Waals surface area contributed by atoms with Crippen molar-refractivity contribution in [2.24, 2.45) is 5.92 Å². The third-order valence-electron chi connectivity index (χ3n) is 4.48. The van der Waals surface area contributed by atoms with E-state index in [1.807, 2.05) is 13.8 Å². The molecular formula is C19H38N2O4. The molecule has 1 saturated heterocycles. The summed E-state index contributed by atoms with van der Waals surface area (Å²) in [6.45, 7) is 10.9. The third kappa shape index (κ3) is 10.4. The van der Waals surface area contributed by atoms with Crippen LogP contribution in [-0.4, -0.2) is 58.8 Å². The number of nitrogens with one attached hydrogen (secondary N) is 1. The third-order valence-corrected chi connectivity index (χ3v) is 4.48. The second kappa shape index (κ2) is 14.1. The van der Waals surface area contributed by atoms with Crippen LogP contribution in [-0.2, 0) is 9.59 Å². The van der Waals surface area contributed by atoms with Crippen molar-refractivity contribution in [2.45, 2.75) is 84.7 Å². The minimum Gasteiger partial charge on any atom is -0.480 e. The van der Waals surface area contributed by atoms with Crippen LogP contribution in [0.2, 0.25) is 0 Å². The quantitative estimate of drug-likeness (QED) is 0.555. The maximum Gasteiger partial charge on any atom is 0.321 e. The molecule has 0 saturated carbocycles. The first-order chi connectivity index (χ1) is 11.8. The largest absolute Gasteiger partial charge is 0.480 e. The van der Waals surface area contributed by atoms with Crippen LogP contribution in [0.25, 0.3) is 0 Å². The van der Waals surface area contributed by atoms with Gasteiger partial charge in [0.15, 0.2) is 0 Å². The Morgan fingerprint density at radius 3 is 1.92 bits per heavy atom. The maximum absolute atomic E-state index is 11.3. The number of hydrogen-bond acceptors (Lipinski definition) is 4. The van der Waals surface area contributed by atoms with E-state index in [1.165, 1.54) is 0 Å². The van der Waals surface area contributed by atoms with Crippen LogP contribution in [0.3, 0.4) is 0 Å². The molecule has 1 aliphatic heterocycles. The fraction of sp³-hybridized carbons (Fsp3) is 0.895. The fourth-order valence-corrected chi connectivity index (χ4v) is 3.04. The smallest absolute Gasteiger partial charge is 0.321 e. The Labute approximate surface area is 153 Å². The molecule has 1 heterocycles. The summed E-state index contributed by atoms with van der Waals surface area (Å²) in [6, 6.07) is -0.600. The van der Waals surface area contributed by atoms with Crippen LogP contribution in [0.4, 0.5) is 0 Å². The predicted molar refractivity (Wildman–Crippen MR) is 101 cm³/mol. The fourth-order valence-electron chi connectivity index (χ4n) is 3.04. The molecule has 1 unspecified atom stereocenters. The Balaban J connectivity index is 0.000000535. The highest BCUT2D eigenvalue weighted by atomic mass is 16.4. The SMILES string of the molecule is CCCCN(CCCC)[C@H](C(=O)O)C(C)C.O=C(O)C1CCCCN1. The number of hydrogen-bond donors (Lipinski definition) is 3. The molecule has 0 aliphatic carbocycles. The van der Waals surface area contributed by atoms with E-state index in [0.717, 1.165) is 64.6 Å². The first-order valence-corrected chi connectivity index (χ1v) is 9.78. The van der Waals surface area contributed by atoms with Gasteiger partial charge in [0.1, 0.15) is 12.1 Å². The minimum atomic E-state index is -0.713. The van der Waals surface area contributed by atoms with Crippen LogP contribution in [0.5, 0.6) is 0 Å². The lowest BCUT2D eigenvalue weighted by atomic mass is 10.0. The number of rotatable bonds is 10. The van der Waals surface area contributed by atoms with Crippen LogP contribution < -0.4 is 5.32 Å². The van der Waals surface area contributed by atoms with Gasteiger partial charge >= 0.3 is 11.9 Å². The van der Waals surface area contributed by atoms with Gasteiger partial charge in [-0.15, -0.1) is 0 Å². The van der Waals surface area contributed by atoms with Gasteiger partial charge < -0.3 is 15.5 Å². The molecule has 6 nitrogen and oxygen atoms in total. The van der Waals surface area contributed by atoms with Crippen molar-refractivity contribution in [3.05, 3.63) is 0 Å². The predicted octanol–water partition coefficient (Wildman–Crippen LogP) is 3.21. The zero-order valence-electron chi connectivity index (χ0n) is 16.5. The summed E-state index contributed by atoms with van der Waals surface area (Å²) in [4.78, 5) is 23.7. The molecule has 0 spiro atoms. The van der Waals surface area contributed by atoms with Gasteiger partial charge in [0.2, 0.25) is 0 Å². The molecule has 25 heavy (non-hydrogen) atoms. The molecule has 3 N–H and O–H groups in total. The van der Waals surface area contributed by atoms with E-state index in [9.17, 15) is 14.7 Å². The van der Waals surface area contributed by atoms with Gasteiger partial charge in [-0.2, -0.15) is 0 Å². The zero-order valence-corrected chi connectivity index (χ0v) is 16.5. The number of piperidine rings is 1. The van der Waals surface area contributed by atoms with Gasteiger partial charge in [0.25, 0.3) is 0 Å². The zero-order chi connectivity index (χ0) is 19.2. The normalized spacial score (nSPS) is 18.6. The van der Waals surface area contributed by atoms with Gasteiger partial charge in [-0.25, -0.2) is 0 Å². The van der Waals surface area contributed by atoms with Gasteiger partial charge in [-0.05, 0) is 51.2 Å². The van der Waals surface area contributed by atoms with E-state index >= 15 is 0 Å². The Bertz CT molecular complexity index is 360. The van der Waals surface area contributed by atoms with E-state index in [4.69, 9.17) is 5.11 Å². The van der Waals surface area contributed by atoms with Gasteiger partial charge in [0.05, 0.1) is 0 Å². The standard InChI is InChI=1S/C13H27NO2.C6H11NO2/c1-5-7-9-14(10-8-6-2)12(11(3)4)13(15)16;8-6(9)5-3-1-2-4-7-5/h11-12H,5-10H2,1-4H3,(H,15,16);5,7H,1-4H2,(H,8,9)/t12-;/m0./s1. The molecule has 148 valence electrons. The Morgan fingerprint density at radius 1 is 1.08 bits per heavy atom. The Morgan fingerprint density at radius 2 is 1.64 bits per heavy atom. The van der Waals surface area contributed by atoms with Crippen molar-refractivity contribution in [3.8, 4) is 0 Å². The lowest BCUT2D eigenvalue weighted by molar-refractivity contribution is -0.145. The van der Waals surface area contributed by atoms with Crippen molar-refractivity contribution >= 4 is 11.9 Å². The van der Waals surface area contributed by atoms with Gasteiger partial charge in [-0.1, -0.05) is 47.0 Å². The van der Waals surface area contributed by atoms with Crippen LogP contribution in [0, 0.1) is 5.92 Å². The summed E-state index contributed by atoms with van der Waals surface area (Å²) in [7, 11) is 0. The van der Waals surface area contributed by atoms with E-state index in [2.05, 4.69) is 24.1 Å². The summed E-state index contributed by atoms with van der Waals surface area (Å²) >= 11 is 0. The number of carbonyl (C=O) groups is 2. The number of carboxylic acid groups (broad SMARTS) is 2. The molecule has 0 aromatic heterocycles. The molecule has 1 fully saturated rings. The first kappa shape index (κ1) is 23.9. The van der Waals surface area contributed by atoms with E-state index in [1.54, 1.807) is 0 Å². The van der Waals surface area contributed by atoms with Gasteiger partial charge in [0, 0.05) is 0 Å². The van der Waals surface area contributed by atoms with Crippen molar-refractivity contribution in [1.29, 1.82) is 0 Å². The molecule has 1 aliphatic rings. The lowest BCUT2D eigenvalue weighted by Crippen LogP contribution is -2.45. The highest BCUT2D eigenvalue weighted by Gasteiger charge is 2.27. The molecule has 1 rings (SSSR count). The molecule has 0 bridgehead atoms. The monoisotopic (exact) mass is 358 g/mol. The Hall–Kier alpha value is -1.14. The number of carboxylic acids is 2. The van der Waals surface area contributed by atoms with E-state index in [-0.39, 0.29) is 18.0 Å². The average molecular weight is 359 g/mol. The summed E-state index contributed by atoms with van der Waals surface area (Å²) in [5, 5.41) is 20.7. The van der Waals surface area contributed by atoms with E-state index < -0.39 is 11.9 Å². The summed E-state index contributed by atoms with van der Waals surface area (Å²) in [6.07, 6.45) is 7.35. The second-order valence-electron chi connectivity index (χ2n) is 7.11. The topological polar surface area (TPSA) is 89.9 Å². The summed E-state index contributed by atoms with van der Waals surface area (Å²) in [5.41, 5.74) is 0. The molecular weight excluding hydrogens is 320 g/mol. The van der Waals surface area contributed by atoms with Crippen molar-refractivity contribution in [2.75, 3.05) is 19.6 Å². The molecule has 0 aromatic carbocycles. The summed E-state index contributed by atoms with van der Waals surface area (Å²) in [5.74, 6) is -1.22. The molecule has 0 aromatic rings.